The summed E-state index contributed by atoms with van der Waals surface area (Å²) in [6, 6.07) is 15.2. The first-order chi connectivity index (χ1) is 14.6. The Labute approximate surface area is 186 Å². The summed E-state index contributed by atoms with van der Waals surface area (Å²) in [5.41, 5.74) is 3.52. The Morgan fingerprint density at radius 2 is 1.74 bits per heavy atom. The molecule has 1 aliphatic rings. The van der Waals surface area contributed by atoms with Crippen molar-refractivity contribution in [1.82, 2.24) is 5.32 Å². The highest BCUT2D eigenvalue weighted by Crippen LogP contribution is 2.25. The topological polar surface area (TPSA) is 69.7 Å². The number of aryl methyl sites for hydroxylation is 1. The quantitative estimate of drug-likeness (QED) is 0.705. The average molecular weight is 444 g/mol. The molecule has 1 N–H and O–H groups in total. The van der Waals surface area contributed by atoms with Gasteiger partial charge in [0.1, 0.15) is 6.54 Å². The zero-order chi connectivity index (χ0) is 22.6. The number of nitrogens with one attached hydrogen (secondary N) is 1. The van der Waals surface area contributed by atoms with Gasteiger partial charge in [0.15, 0.2) is 0 Å². The minimum Gasteiger partial charge on any atom is -0.372 e. The molecule has 31 heavy (non-hydrogen) atoms. The maximum Gasteiger partial charge on any atom is 0.241 e. The van der Waals surface area contributed by atoms with E-state index < -0.39 is 10.0 Å². The number of hydrogen-bond acceptors (Lipinski definition) is 4. The Morgan fingerprint density at radius 1 is 1.13 bits per heavy atom. The smallest absolute Gasteiger partial charge is 0.241 e. The van der Waals surface area contributed by atoms with Crippen LogP contribution in [0.25, 0.3) is 0 Å². The molecule has 1 atom stereocenters. The molecule has 0 bridgehead atoms. The predicted molar refractivity (Wildman–Crippen MR) is 127 cm³/mol. The van der Waals surface area contributed by atoms with Crippen LogP contribution in [0.2, 0.25) is 0 Å². The number of para-hydroxylation sites is 1. The van der Waals surface area contributed by atoms with Crippen molar-refractivity contribution in [3.05, 3.63) is 59.7 Å². The van der Waals surface area contributed by atoms with Crippen molar-refractivity contribution in [2.24, 2.45) is 5.92 Å². The second-order valence-electron chi connectivity index (χ2n) is 8.61. The molecule has 2 aromatic carbocycles. The third-order valence-corrected chi connectivity index (χ3v) is 7.12. The number of nitrogens with zero attached hydrogens (tertiary/aromatic N) is 2. The van der Waals surface area contributed by atoms with Crippen LogP contribution in [0.1, 0.15) is 43.9 Å². The number of anilines is 2. The molecule has 168 valence electrons. The van der Waals surface area contributed by atoms with Crippen molar-refractivity contribution in [1.29, 1.82) is 0 Å². The van der Waals surface area contributed by atoms with E-state index in [9.17, 15) is 13.2 Å². The molecule has 1 saturated heterocycles. The normalized spacial score (nSPS) is 16.1. The van der Waals surface area contributed by atoms with E-state index >= 15 is 0 Å². The van der Waals surface area contributed by atoms with E-state index in [2.05, 4.69) is 29.3 Å². The number of sulfonamides is 1. The molecular formula is C24H33N3O3S. The van der Waals surface area contributed by atoms with Gasteiger partial charge in [-0.15, -0.1) is 0 Å². The molecule has 7 heteroatoms. The van der Waals surface area contributed by atoms with Gasteiger partial charge in [-0.2, -0.15) is 0 Å². The average Bonchev–Trinajstić information content (AvgIpc) is 2.72. The second kappa shape index (κ2) is 9.73. The van der Waals surface area contributed by atoms with Crippen molar-refractivity contribution in [3.8, 4) is 0 Å². The number of benzene rings is 2. The molecule has 6 nitrogen and oxygen atoms in total. The van der Waals surface area contributed by atoms with Gasteiger partial charge < -0.3 is 10.2 Å². The van der Waals surface area contributed by atoms with Crippen LogP contribution in [0.3, 0.4) is 0 Å². The van der Waals surface area contributed by atoms with Crippen molar-refractivity contribution < 1.29 is 13.2 Å². The maximum atomic E-state index is 12.7. The summed E-state index contributed by atoms with van der Waals surface area (Å²) in [6.45, 7) is 7.94. The van der Waals surface area contributed by atoms with Crippen LogP contribution < -0.4 is 14.5 Å². The van der Waals surface area contributed by atoms with Crippen LogP contribution in [0, 0.1) is 12.8 Å². The molecule has 0 spiro atoms. The fourth-order valence-corrected chi connectivity index (χ4v) is 4.88. The highest BCUT2D eigenvalue weighted by molar-refractivity contribution is 7.92. The minimum atomic E-state index is -3.59. The van der Waals surface area contributed by atoms with Crippen molar-refractivity contribution in [2.45, 2.75) is 39.7 Å². The van der Waals surface area contributed by atoms with Crippen LogP contribution in [0.4, 0.5) is 11.4 Å². The maximum absolute atomic E-state index is 12.7. The molecule has 0 aromatic heterocycles. The molecule has 3 rings (SSSR count). The van der Waals surface area contributed by atoms with Crippen LogP contribution >= 0.6 is 0 Å². The molecule has 1 aliphatic heterocycles. The molecule has 0 aliphatic carbocycles. The highest BCUT2D eigenvalue weighted by atomic mass is 32.2. The third kappa shape index (κ3) is 6.00. The van der Waals surface area contributed by atoms with Gasteiger partial charge in [-0.25, -0.2) is 8.42 Å². The van der Waals surface area contributed by atoms with Gasteiger partial charge in [0.2, 0.25) is 15.9 Å². The number of amides is 1. The Hall–Kier alpha value is -2.54. The summed E-state index contributed by atoms with van der Waals surface area (Å²) in [6.07, 6.45) is 3.55. The Kier molecular flexibility index (Phi) is 7.26. The summed E-state index contributed by atoms with van der Waals surface area (Å²) >= 11 is 0. The number of carbonyl (C=O) groups is 1. The first-order valence-electron chi connectivity index (χ1n) is 10.8. The fraction of sp³-hybridized carbons (Fsp3) is 0.458. The lowest BCUT2D eigenvalue weighted by molar-refractivity contribution is -0.120. The van der Waals surface area contributed by atoms with Crippen molar-refractivity contribution in [3.63, 3.8) is 0 Å². The van der Waals surface area contributed by atoms with Gasteiger partial charge in [-0.05, 0) is 61.9 Å². The van der Waals surface area contributed by atoms with Crippen LogP contribution in [-0.2, 0) is 14.8 Å². The van der Waals surface area contributed by atoms with Crippen LogP contribution in [0.15, 0.2) is 48.5 Å². The highest BCUT2D eigenvalue weighted by Gasteiger charge is 2.23. The molecule has 2 aromatic rings. The van der Waals surface area contributed by atoms with E-state index in [1.807, 2.05) is 38.1 Å². The van der Waals surface area contributed by atoms with E-state index in [1.165, 1.54) is 18.5 Å². The van der Waals surface area contributed by atoms with Crippen LogP contribution in [0.5, 0.6) is 0 Å². The van der Waals surface area contributed by atoms with E-state index in [0.29, 0.717) is 5.69 Å². The second-order valence-corrected chi connectivity index (χ2v) is 10.5. The van der Waals surface area contributed by atoms with E-state index in [1.54, 1.807) is 12.1 Å². The first kappa shape index (κ1) is 23.1. The van der Waals surface area contributed by atoms with Gasteiger partial charge in [0.25, 0.3) is 0 Å². The molecule has 1 heterocycles. The molecule has 0 saturated carbocycles. The number of hydrogen-bond donors (Lipinski definition) is 1. The lowest BCUT2D eigenvalue weighted by Gasteiger charge is -2.32. The minimum absolute atomic E-state index is 0.221. The zero-order valence-corrected chi connectivity index (χ0v) is 19.7. The van der Waals surface area contributed by atoms with Gasteiger partial charge >= 0.3 is 0 Å². The van der Waals surface area contributed by atoms with E-state index in [0.717, 1.165) is 40.7 Å². The lowest BCUT2D eigenvalue weighted by atomic mass is 9.98. The predicted octanol–water partition coefficient (Wildman–Crippen LogP) is 3.87. The standard InChI is InChI=1S/C24H33N3O3S/c1-18-13-15-26(16-14-18)22-11-9-21(10-12-22)20(3)25-24(28)17-27(31(4,29)30)23-8-6-5-7-19(23)2/h5-12,18,20H,13-17H2,1-4H3,(H,25,28)/t20-/m0/s1. The summed E-state index contributed by atoms with van der Waals surface area (Å²) < 4.78 is 25.8. The molecular weight excluding hydrogens is 410 g/mol. The third-order valence-electron chi connectivity index (χ3n) is 5.99. The monoisotopic (exact) mass is 443 g/mol. The summed E-state index contributed by atoms with van der Waals surface area (Å²) in [7, 11) is -3.59. The van der Waals surface area contributed by atoms with Crippen LogP contribution in [-0.4, -0.2) is 40.2 Å². The first-order valence-corrected chi connectivity index (χ1v) is 12.7. The van der Waals surface area contributed by atoms with E-state index in [4.69, 9.17) is 0 Å². The van der Waals surface area contributed by atoms with Crippen molar-refractivity contribution >= 4 is 27.3 Å². The van der Waals surface area contributed by atoms with Gasteiger partial charge in [-0.1, -0.05) is 37.3 Å². The molecule has 1 fully saturated rings. The Bertz CT molecular complexity index is 997. The molecule has 1 amide bonds. The number of carbonyl (C=O) groups excluding carboxylic acids is 1. The summed E-state index contributed by atoms with van der Waals surface area (Å²) in [5, 5.41) is 2.93. The van der Waals surface area contributed by atoms with Gasteiger partial charge in [0, 0.05) is 18.8 Å². The van der Waals surface area contributed by atoms with Gasteiger partial charge in [-0.3, -0.25) is 9.10 Å². The molecule has 0 radical (unpaired) electrons. The summed E-state index contributed by atoms with van der Waals surface area (Å²) in [5.74, 6) is 0.451. The van der Waals surface area contributed by atoms with Gasteiger partial charge in [0.05, 0.1) is 18.0 Å². The number of rotatable bonds is 7. The number of piperidine rings is 1. The Morgan fingerprint density at radius 3 is 2.32 bits per heavy atom. The lowest BCUT2D eigenvalue weighted by Crippen LogP contribution is -2.41. The van der Waals surface area contributed by atoms with Crippen molar-refractivity contribution in [2.75, 3.05) is 35.1 Å². The Balaban J connectivity index is 1.64. The molecule has 0 unspecified atom stereocenters. The summed E-state index contributed by atoms with van der Waals surface area (Å²) in [4.78, 5) is 15.1. The SMILES string of the molecule is Cc1ccccc1N(CC(=O)N[C@@H](C)c1ccc(N2CCC(C)CC2)cc1)S(C)(=O)=O. The zero-order valence-electron chi connectivity index (χ0n) is 18.8. The fourth-order valence-electron chi connectivity index (χ4n) is 3.97. The van der Waals surface area contributed by atoms with E-state index in [-0.39, 0.29) is 18.5 Å². The largest absolute Gasteiger partial charge is 0.372 e.